The van der Waals surface area contributed by atoms with E-state index in [1.165, 1.54) is 0 Å². The van der Waals surface area contributed by atoms with Crippen LogP contribution in [0.5, 0.6) is 0 Å². The standard InChI is InChI=1S/C6H5ClN6O2/c7-1-13-6(15)12-2-9-3(4(8)14)5(12)10-11-13/h2H,1H2,(H2,8,14). The summed E-state index contributed by atoms with van der Waals surface area (Å²) >= 11 is 5.44. The van der Waals surface area contributed by atoms with Crippen molar-refractivity contribution in [1.82, 2.24) is 24.4 Å². The summed E-state index contributed by atoms with van der Waals surface area (Å²) in [5.74, 6) is -0.769. The van der Waals surface area contributed by atoms with Gasteiger partial charge in [-0.25, -0.2) is 14.2 Å². The Hall–Kier alpha value is -1.96. The van der Waals surface area contributed by atoms with E-state index in [2.05, 4.69) is 15.3 Å². The molecule has 0 bridgehead atoms. The number of imidazole rings is 1. The number of halogens is 1. The maximum Gasteiger partial charge on any atom is 0.354 e. The second kappa shape index (κ2) is 3.31. The van der Waals surface area contributed by atoms with E-state index >= 15 is 0 Å². The highest BCUT2D eigenvalue weighted by Crippen LogP contribution is 2.00. The molecule has 0 spiro atoms. The van der Waals surface area contributed by atoms with Gasteiger partial charge in [0.15, 0.2) is 11.3 Å². The Morgan fingerprint density at radius 1 is 1.60 bits per heavy atom. The monoisotopic (exact) mass is 228 g/mol. The quantitative estimate of drug-likeness (QED) is 0.635. The Morgan fingerprint density at radius 2 is 2.33 bits per heavy atom. The lowest BCUT2D eigenvalue weighted by Crippen LogP contribution is -2.28. The summed E-state index contributed by atoms with van der Waals surface area (Å²) in [6.45, 7) is 0. The van der Waals surface area contributed by atoms with Gasteiger partial charge in [0, 0.05) is 0 Å². The zero-order chi connectivity index (χ0) is 11.0. The number of alkyl halides is 1. The second-order valence-corrected chi connectivity index (χ2v) is 2.88. The van der Waals surface area contributed by atoms with Gasteiger partial charge < -0.3 is 5.73 Å². The molecule has 2 heterocycles. The molecule has 15 heavy (non-hydrogen) atoms. The van der Waals surface area contributed by atoms with Crippen molar-refractivity contribution < 1.29 is 4.79 Å². The van der Waals surface area contributed by atoms with Gasteiger partial charge >= 0.3 is 5.69 Å². The van der Waals surface area contributed by atoms with Crippen molar-refractivity contribution in [3.63, 3.8) is 0 Å². The summed E-state index contributed by atoms with van der Waals surface area (Å²) < 4.78 is 1.97. The minimum absolute atomic E-state index is 0.0221. The van der Waals surface area contributed by atoms with Crippen molar-refractivity contribution in [2.24, 2.45) is 5.73 Å². The molecule has 2 rings (SSSR count). The lowest BCUT2D eigenvalue weighted by molar-refractivity contribution is 0.0997. The first-order valence-electron chi connectivity index (χ1n) is 3.81. The molecule has 0 fully saturated rings. The third-order valence-electron chi connectivity index (χ3n) is 1.76. The van der Waals surface area contributed by atoms with Gasteiger partial charge in [0.05, 0.1) is 0 Å². The zero-order valence-electron chi connectivity index (χ0n) is 7.29. The lowest BCUT2D eigenvalue weighted by atomic mass is 10.4. The fraction of sp³-hybridized carbons (Fsp3) is 0.167. The number of rotatable bonds is 2. The number of aromatic nitrogens is 5. The predicted octanol–water partition coefficient (Wildman–Crippen LogP) is -1.42. The van der Waals surface area contributed by atoms with E-state index in [0.29, 0.717) is 0 Å². The molecule has 1 amide bonds. The van der Waals surface area contributed by atoms with Crippen LogP contribution >= 0.6 is 11.6 Å². The van der Waals surface area contributed by atoms with Crippen LogP contribution in [0.2, 0.25) is 0 Å². The van der Waals surface area contributed by atoms with E-state index in [-0.39, 0.29) is 17.3 Å². The average Bonchev–Trinajstić information content (AvgIpc) is 2.62. The van der Waals surface area contributed by atoms with Crippen LogP contribution in [0.4, 0.5) is 0 Å². The predicted molar refractivity (Wildman–Crippen MR) is 49.4 cm³/mol. The third-order valence-corrected chi connectivity index (χ3v) is 1.99. The molecule has 9 heteroatoms. The van der Waals surface area contributed by atoms with Crippen LogP contribution in [0.25, 0.3) is 5.65 Å². The molecule has 78 valence electrons. The van der Waals surface area contributed by atoms with Crippen molar-refractivity contribution in [1.29, 1.82) is 0 Å². The molecule has 0 aliphatic carbocycles. The first-order chi connectivity index (χ1) is 7.15. The van der Waals surface area contributed by atoms with Gasteiger partial charge in [-0.15, -0.1) is 16.7 Å². The molecule has 0 unspecified atom stereocenters. The molecule has 0 atom stereocenters. The number of fused-ring (bicyclic) bond motifs is 1. The van der Waals surface area contributed by atoms with Crippen molar-refractivity contribution in [2.75, 3.05) is 0 Å². The molecule has 0 aromatic carbocycles. The van der Waals surface area contributed by atoms with E-state index in [4.69, 9.17) is 17.3 Å². The Morgan fingerprint density at radius 3 is 2.93 bits per heavy atom. The van der Waals surface area contributed by atoms with Crippen molar-refractivity contribution in [3.8, 4) is 0 Å². The number of hydrogen-bond donors (Lipinski definition) is 1. The highest BCUT2D eigenvalue weighted by atomic mass is 35.5. The van der Waals surface area contributed by atoms with Crippen LogP contribution < -0.4 is 11.4 Å². The Balaban J connectivity index is 2.82. The van der Waals surface area contributed by atoms with E-state index in [1.54, 1.807) is 0 Å². The number of nitrogens with zero attached hydrogens (tertiary/aromatic N) is 5. The maximum absolute atomic E-state index is 11.5. The zero-order valence-corrected chi connectivity index (χ0v) is 8.05. The third kappa shape index (κ3) is 1.34. The summed E-state index contributed by atoms with van der Waals surface area (Å²) in [4.78, 5) is 26.1. The maximum atomic E-state index is 11.5. The second-order valence-electron chi connectivity index (χ2n) is 2.64. The highest BCUT2D eigenvalue weighted by Gasteiger charge is 2.14. The van der Waals surface area contributed by atoms with Gasteiger partial charge in [-0.05, 0) is 0 Å². The number of amides is 1. The van der Waals surface area contributed by atoms with E-state index in [1.807, 2.05) is 0 Å². The van der Waals surface area contributed by atoms with E-state index in [0.717, 1.165) is 15.4 Å². The van der Waals surface area contributed by atoms with Gasteiger partial charge in [-0.1, -0.05) is 5.21 Å². The minimum Gasteiger partial charge on any atom is -0.364 e. The molecular weight excluding hydrogens is 224 g/mol. The molecule has 2 aromatic rings. The molecule has 0 aliphatic heterocycles. The number of carbonyl (C=O) groups is 1. The van der Waals surface area contributed by atoms with Gasteiger partial charge in [0.1, 0.15) is 12.3 Å². The Labute approximate surface area is 87.3 Å². The number of nitrogens with two attached hydrogens (primary N) is 1. The van der Waals surface area contributed by atoms with Gasteiger partial charge in [-0.3, -0.25) is 4.79 Å². The first kappa shape index (κ1) is 9.59. The van der Waals surface area contributed by atoms with Crippen LogP contribution in [0, 0.1) is 0 Å². The fourth-order valence-electron chi connectivity index (χ4n) is 1.09. The number of carbonyl (C=O) groups excluding carboxylic acids is 1. The Bertz CT molecular complexity index is 587. The fourth-order valence-corrected chi connectivity index (χ4v) is 1.24. The summed E-state index contributed by atoms with van der Waals surface area (Å²) in [6.07, 6.45) is 1.15. The highest BCUT2D eigenvalue weighted by molar-refractivity contribution is 6.15. The van der Waals surface area contributed by atoms with Crippen LogP contribution in [0.15, 0.2) is 11.1 Å². The van der Waals surface area contributed by atoms with Crippen molar-refractivity contribution >= 4 is 23.2 Å². The molecule has 0 aliphatic rings. The molecule has 0 saturated carbocycles. The SMILES string of the molecule is NC(=O)c1ncn2c(=O)n(CCl)nnc12. The van der Waals surface area contributed by atoms with Crippen LogP contribution in [0.1, 0.15) is 10.5 Å². The van der Waals surface area contributed by atoms with Gasteiger partial charge in [-0.2, -0.15) is 4.68 Å². The van der Waals surface area contributed by atoms with Crippen molar-refractivity contribution in [3.05, 3.63) is 22.5 Å². The molecule has 0 radical (unpaired) electrons. The molecular formula is C6H5ClN6O2. The van der Waals surface area contributed by atoms with E-state index in [9.17, 15) is 9.59 Å². The summed E-state index contributed by atoms with van der Waals surface area (Å²) in [7, 11) is 0. The van der Waals surface area contributed by atoms with Crippen molar-refractivity contribution in [2.45, 2.75) is 6.00 Å². The van der Waals surface area contributed by atoms with Crippen LogP contribution in [-0.4, -0.2) is 30.3 Å². The first-order valence-corrected chi connectivity index (χ1v) is 4.35. The van der Waals surface area contributed by atoms with E-state index < -0.39 is 11.6 Å². The van der Waals surface area contributed by atoms with Crippen LogP contribution in [-0.2, 0) is 6.00 Å². The molecule has 0 saturated heterocycles. The summed E-state index contributed by atoms with van der Waals surface area (Å²) in [5, 5.41) is 7.12. The molecule has 2 aromatic heterocycles. The minimum atomic E-state index is -0.769. The van der Waals surface area contributed by atoms with Crippen LogP contribution in [0.3, 0.4) is 0 Å². The number of primary amides is 1. The smallest absolute Gasteiger partial charge is 0.354 e. The van der Waals surface area contributed by atoms with Gasteiger partial charge in [0.2, 0.25) is 0 Å². The molecule has 8 nitrogen and oxygen atoms in total. The summed E-state index contributed by atoms with van der Waals surface area (Å²) in [5.41, 5.74) is 4.42. The number of hydrogen-bond acceptors (Lipinski definition) is 5. The lowest BCUT2D eigenvalue weighted by Gasteiger charge is -1.97. The Kier molecular flexibility index (Phi) is 2.12. The normalized spacial score (nSPS) is 10.7. The van der Waals surface area contributed by atoms with Gasteiger partial charge in [0.25, 0.3) is 5.91 Å². The topological polar surface area (TPSA) is 108 Å². The largest absolute Gasteiger partial charge is 0.364 e. The summed E-state index contributed by atoms with van der Waals surface area (Å²) in [6, 6.07) is -0.133. The average molecular weight is 229 g/mol. The molecule has 2 N–H and O–H groups in total.